The molecule has 1 aliphatic heterocycles. The molecular weight excluding hydrogens is 268 g/mol. The third-order valence-electron chi connectivity index (χ3n) is 2.48. The molecule has 0 amide bonds. The predicted octanol–water partition coefficient (Wildman–Crippen LogP) is 1.64. The van der Waals surface area contributed by atoms with Gasteiger partial charge in [-0.1, -0.05) is 0 Å². The molecule has 1 heterocycles. The third kappa shape index (κ3) is 3.57. The van der Waals surface area contributed by atoms with Gasteiger partial charge in [0.05, 0.1) is 31.1 Å². The van der Waals surface area contributed by atoms with Crippen molar-refractivity contribution in [3.8, 4) is 11.5 Å². The van der Waals surface area contributed by atoms with E-state index in [1.165, 1.54) is 12.5 Å². The molecule has 0 saturated carbocycles. The minimum atomic E-state index is -1.43. The van der Waals surface area contributed by atoms with Crippen molar-refractivity contribution in [3.05, 3.63) is 29.7 Å². The minimum Gasteiger partial charge on any atom is -0.490 e. The van der Waals surface area contributed by atoms with Crippen LogP contribution in [-0.2, 0) is 20.3 Å². The normalized spacial score (nSPS) is 15.8. The summed E-state index contributed by atoms with van der Waals surface area (Å²) in [6.45, 7) is 1.18. The van der Waals surface area contributed by atoms with E-state index < -0.39 is 16.8 Å². The van der Waals surface area contributed by atoms with Crippen LogP contribution in [0.25, 0.3) is 0 Å². The number of fused-ring (bicyclic) bond motifs is 1. The largest absolute Gasteiger partial charge is 0.490 e. The highest BCUT2D eigenvalue weighted by Crippen LogP contribution is 2.31. The van der Waals surface area contributed by atoms with Crippen molar-refractivity contribution in [1.29, 1.82) is 0 Å². The van der Waals surface area contributed by atoms with E-state index in [0.717, 1.165) is 12.5 Å². The number of carbonyl (C=O) groups excluding carboxylic acids is 1. The number of hydrogen-bond donors (Lipinski definition) is 0. The van der Waals surface area contributed by atoms with E-state index in [9.17, 15) is 9.00 Å². The van der Waals surface area contributed by atoms with E-state index >= 15 is 0 Å². The van der Waals surface area contributed by atoms with Gasteiger partial charge in [0.1, 0.15) is 0 Å². The van der Waals surface area contributed by atoms with Crippen LogP contribution in [0.5, 0.6) is 11.5 Å². The van der Waals surface area contributed by atoms with Gasteiger partial charge in [0.15, 0.2) is 11.5 Å². The molecule has 19 heavy (non-hydrogen) atoms. The lowest BCUT2D eigenvalue weighted by atomic mass is 10.3. The summed E-state index contributed by atoms with van der Waals surface area (Å²) in [5.74, 6) is 0.688. The maximum absolute atomic E-state index is 12.0. The molecule has 1 atom stereocenters. The highest BCUT2D eigenvalue weighted by Gasteiger charge is 2.12. The zero-order chi connectivity index (χ0) is 13.7. The molecule has 0 spiro atoms. The summed E-state index contributed by atoms with van der Waals surface area (Å²) in [5, 5.41) is 1.28. The maximum Gasteiger partial charge on any atom is 0.331 e. The Balaban J connectivity index is 2.17. The predicted molar refractivity (Wildman–Crippen MR) is 69.6 cm³/mol. The first-order valence-electron chi connectivity index (χ1n) is 5.77. The first kappa shape index (κ1) is 13.6. The second-order valence-corrected chi connectivity index (χ2v) is 5.12. The summed E-state index contributed by atoms with van der Waals surface area (Å²) >= 11 is 0. The van der Waals surface area contributed by atoms with Crippen molar-refractivity contribution in [1.82, 2.24) is 0 Å². The van der Waals surface area contributed by atoms with E-state index in [2.05, 4.69) is 4.74 Å². The molecule has 1 aliphatic rings. The van der Waals surface area contributed by atoms with E-state index in [0.29, 0.717) is 29.6 Å². The molecule has 0 fully saturated rings. The summed E-state index contributed by atoms with van der Waals surface area (Å²) in [4.78, 5) is 11.5. The molecule has 6 heteroatoms. The fourth-order valence-corrected chi connectivity index (χ4v) is 2.35. The summed E-state index contributed by atoms with van der Waals surface area (Å²) in [6, 6.07) is 5.07. The lowest BCUT2D eigenvalue weighted by Crippen LogP contribution is -1.97. The molecule has 0 N–H and O–H groups in total. The first-order chi connectivity index (χ1) is 9.20. The molecular formula is C13H14O5S. The number of methoxy groups -OCH3 is 1. The van der Waals surface area contributed by atoms with Crippen LogP contribution < -0.4 is 9.47 Å². The van der Waals surface area contributed by atoms with E-state index in [-0.39, 0.29) is 0 Å². The zero-order valence-electron chi connectivity index (χ0n) is 10.5. The molecule has 1 aromatic rings. The molecule has 5 nitrogen and oxygen atoms in total. The maximum atomic E-state index is 12.0. The molecule has 0 aromatic heterocycles. The van der Waals surface area contributed by atoms with Crippen molar-refractivity contribution in [2.75, 3.05) is 20.3 Å². The van der Waals surface area contributed by atoms with Crippen molar-refractivity contribution in [3.63, 3.8) is 0 Å². The number of esters is 1. The number of benzene rings is 1. The van der Waals surface area contributed by atoms with Crippen molar-refractivity contribution in [2.24, 2.45) is 0 Å². The molecule has 0 aliphatic carbocycles. The molecule has 1 unspecified atom stereocenters. The van der Waals surface area contributed by atoms with Gasteiger partial charge >= 0.3 is 5.97 Å². The topological polar surface area (TPSA) is 61.8 Å². The van der Waals surface area contributed by atoms with Gasteiger partial charge in [0.2, 0.25) is 0 Å². The Kier molecular flexibility index (Phi) is 4.57. The van der Waals surface area contributed by atoms with Gasteiger partial charge < -0.3 is 14.2 Å². The molecule has 102 valence electrons. The quantitative estimate of drug-likeness (QED) is 0.623. The highest BCUT2D eigenvalue weighted by molar-refractivity contribution is 7.88. The molecule has 1 aromatic carbocycles. The Hall–Kier alpha value is -1.82. The van der Waals surface area contributed by atoms with Crippen molar-refractivity contribution >= 4 is 16.8 Å². The number of hydrogen-bond acceptors (Lipinski definition) is 5. The Morgan fingerprint density at radius 2 is 2.05 bits per heavy atom. The van der Waals surface area contributed by atoms with E-state index in [4.69, 9.17) is 9.47 Å². The Morgan fingerprint density at radius 1 is 1.32 bits per heavy atom. The second-order valence-electron chi connectivity index (χ2n) is 3.78. The monoisotopic (exact) mass is 282 g/mol. The van der Waals surface area contributed by atoms with Crippen LogP contribution in [0.15, 0.2) is 34.6 Å². The lowest BCUT2D eigenvalue weighted by Gasteiger charge is -2.07. The van der Waals surface area contributed by atoms with Crippen molar-refractivity contribution < 1.29 is 23.2 Å². The van der Waals surface area contributed by atoms with Crippen LogP contribution in [0.3, 0.4) is 0 Å². The van der Waals surface area contributed by atoms with Crippen LogP contribution in [0.4, 0.5) is 0 Å². The fraction of sp³-hybridized carbons (Fsp3) is 0.308. The van der Waals surface area contributed by atoms with Gasteiger partial charge in [0, 0.05) is 28.9 Å². The Morgan fingerprint density at radius 3 is 2.79 bits per heavy atom. The van der Waals surface area contributed by atoms with Crippen LogP contribution >= 0.6 is 0 Å². The number of rotatable bonds is 3. The lowest BCUT2D eigenvalue weighted by molar-refractivity contribution is -0.134. The molecule has 2 rings (SSSR count). The zero-order valence-corrected chi connectivity index (χ0v) is 11.3. The summed E-state index contributed by atoms with van der Waals surface area (Å²) in [6.07, 6.45) is 1.95. The van der Waals surface area contributed by atoms with Crippen LogP contribution in [0.2, 0.25) is 0 Å². The third-order valence-corrected chi connectivity index (χ3v) is 3.58. The van der Waals surface area contributed by atoms with Gasteiger partial charge in [-0.15, -0.1) is 0 Å². The summed E-state index contributed by atoms with van der Waals surface area (Å²) < 4.78 is 27.4. The number of ether oxygens (including phenoxy) is 3. The molecule has 0 radical (unpaired) electrons. The van der Waals surface area contributed by atoms with Gasteiger partial charge in [-0.05, 0) is 12.1 Å². The van der Waals surface area contributed by atoms with Gasteiger partial charge in [-0.25, -0.2) is 9.00 Å². The Bertz CT molecular complexity index is 524. The van der Waals surface area contributed by atoms with E-state index in [1.807, 2.05) is 0 Å². The van der Waals surface area contributed by atoms with Crippen molar-refractivity contribution in [2.45, 2.75) is 11.3 Å². The van der Waals surface area contributed by atoms with Gasteiger partial charge in [-0.3, -0.25) is 0 Å². The average Bonchev–Trinajstić information content (AvgIpc) is 2.68. The SMILES string of the molecule is COC(=O)/C=C/S(=O)c1ccc2c(c1)OCCCO2. The minimum absolute atomic E-state index is 0.539. The number of carbonyl (C=O) groups is 1. The summed E-state index contributed by atoms with van der Waals surface area (Å²) in [7, 11) is -0.159. The standard InChI is InChI=1S/C13H14O5S/c1-16-13(14)5-8-19(15)10-3-4-11-12(9-10)18-7-2-6-17-11/h3-5,8-9H,2,6-7H2,1H3/b8-5+. The Labute approximate surface area is 113 Å². The van der Waals surface area contributed by atoms with Gasteiger partial charge in [-0.2, -0.15) is 0 Å². The second kappa shape index (κ2) is 6.38. The molecule has 0 bridgehead atoms. The van der Waals surface area contributed by atoms with Crippen LogP contribution in [0.1, 0.15) is 6.42 Å². The smallest absolute Gasteiger partial charge is 0.331 e. The fourth-order valence-electron chi connectivity index (χ4n) is 1.53. The average molecular weight is 282 g/mol. The highest BCUT2D eigenvalue weighted by atomic mass is 32.2. The van der Waals surface area contributed by atoms with Crippen LogP contribution in [0, 0.1) is 0 Å². The molecule has 0 saturated heterocycles. The van der Waals surface area contributed by atoms with Crippen LogP contribution in [-0.4, -0.2) is 30.5 Å². The van der Waals surface area contributed by atoms with E-state index in [1.54, 1.807) is 18.2 Å². The summed E-state index contributed by atoms with van der Waals surface area (Å²) in [5.41, 5.74) is 0. The first-order valence-corrected chi connectivity index (χ1v) is 6.98. The van der Waals surface area contributed by atoms with Gasteiger partial charge in [0.25, 0.3) is 0 Å².